The number of thiazole rings is 1. The third-order valence-electron chi connectivity index (χ3n) is 5.79. The smallest absolute Gasteiger partial charge is 0.243 e. The van der Waals surface area contributed by atoms with Crippen LogP contribution in [0.25, 0.3) is 22.4 Å². The van der Waals surface area contributed by atoms with Crippen LogP contribution in [0.4, 0.5) is 16.8 Å². The zero-order chi connectivity index (χ0) is 25.1. The molecule has 0 bridgehead atoms. The van der Waals surface area contributed by atoms with Gasteiger partial charge >= 0.3 is 0 Å². The number of nitrogen functional groups attached to an aromatic ring is 1. The average molecular weight is 524 g/mol. The van der Waals surface area contributed by atoms with Gasteiger partial charge in [0.2, 0.25) is 16.0 Å². The van der Waals surface area contributed by atoms with Crippen LogP contribution in [0.3, 0.4) is 0 Å². The maximum atomic E-state index is 13.0. The van der Waals surface area contributed by atoms with Gasteiger partial charge in [-0.3, -0.25) is 0 Å². The molecule has 1 saturated heterocycles. The van der Waals surface area contributed by atoms with Crippen molar-refractivity contribution >= 4 is 60.5 Å². The summed E-state index contributed by atoms with van der Waals surface area (Å²) < 4.78 is 28.4. The number of hydrogen-bond acceptors (Lipinski definition) is 10. The summed E-state index contributed by atoms with van der Waals surface area (Å²) in [5.74, 6) is 0.395. The van der Waals surface area contributed by atoms with Crippen LogP contribution in [0.5, 0.6) is 0 Å². The van der Waals surface area contributed by atoms with Gasteiger partial charge in [0.25, 0.3) is 0 Å². The summed E-state index contributed by atoms with van der Waals surface area (Å²) in [6.45, 7) is 1.06. The molecule has 5 N–H and O–H groups in total. The third kappa shape index (κ3) is 5.22. The van der Waals surface area contributed by atoms with E-state index in [1.54, 1.807) is 36.7 Å². The van der Waals surface area contributed by atoms with Crippen LogP contribution in [0.2, 0.25) is 0 Å². The number of aliphatic hydroxyl groups is 1. The van der Waals surface area contributed by atoms with Crippen molar-refractivity contribution in [3.8, 4) is 0 Å². The fraction of sp³-hybridized carbons (Fsp3) is 0.208. The number of nitrogens with one attached hydrogen (secondary N) is 2. The number of nitrogens with zero attached hydrogens (tertiary/aromatic N) is 4. The Morgan fingerprint density at radius 2 is 1.89 bits per heavy atom. The van der Waals surface area contributed by atoms with Gasteiger partial charge in [0.15, 0.2) is 5.13 Å². The van der Waals surface area contributed by atoms with Gasteiger partial charge in [-0.05, 0) is 42.0 Å². The molecule has 2 aromatic heterocycles. The lowest BCUT2D eigenvalue weighted by Gasteiger charge is -2.34. The van der Waals surface area contributed by atoms with E-state index in [-0.39, 0.29) is 11.5 Å². The maximum Gasteiger partial charge on any atom is 0.243 e. The second kappa shape index (κ2) is 10.3. The molecule has 1 atom stereocenters. The molecule has 1 aliphatic rings. The molecule has 0 spiro atoms. The lowest BCUT2D eigenvalue weighted by Crippen LogP contribution is -2.54. The number of fused-ring (bicyclic) bond motifs is 1. The monoisotopic (exact) mass is 523 g/mol. The van der Waals surface area contributed by atoms with Crippen LogP contribution in [0, 0.1) is 0 Å². The van der Waals surface area contributed by atoms with Gasteiger partial charge in [-0.2, -0.15) is 4.31 Å². The molecule has 3 heterocycles. The Morgan fingerprint density at radius 1 is 1.14 bits per heavy atom. The molecule has 36 heavy (non-hydrogen) atoms. The minimum absolute atomic E-state index is 0.175. The van der Waals surface area contributed by atoms with Crippen molar-refractivity contribution in [3.63, 3.8) is 0 Å². The molecule has 2 aromatic carbocycles. The molecule has 5 rings (SSSR count). The molecule has 186 valence electrons. The average Bonchev–Trinajstić information content (AvgIpc) is 3.28. The number of rotatable bonds is 7. The van der Waals surface area contributed by atoms with E-state index >= 15 is 0 Å². The fourth-order valence-electron chi connectivity index (χ4n) is 3.93. The normalized spacial score (nSPS) is 17.1. The molecule has 0 saturated carbocycles. The van der Waals surface area contributed by atoms with Crippen molar-refractivity contribution in [1.82, 2.24) is 24.6 Å². The topological polar surface area (TPSA) is 146 Å². The Hall–Kier alpha value is -3.42. The van der Waals surface area contributed by atoms with E-state index < -0.39 is 16.1 Å². The number of piperazine rings is 1. The van der Waals surface area contributed by atoms with Crippen molar-refractivity contribution in [2.24, 2.45) is 0 Å². The molecule has 12 heteroatoms. The van der Waals surface area contributed by atoms with Crippen molar-refractivity contribution in [2.75, 3.05) is 37.3 Å². The van der Waals surface area contributed by atoms with Crippen LogP contribution in [0.1, 0.15) is 11.1 Å². The maximum absolute atomic E-state index is 13.0. The van der Waals surface area contributed by atoms with E-state index in [0.29, 0.717) is 36.4 Å². The van der Waals surface area contributed by atoms with Crippen molar-refractivity contribution in [1.29, 1.82) is 0 Å². The quantitative estimate of drug-likeness (QED) is 0.287. The number of hydrogen-bond donors (Lipinski definition) is 4. The van der Waals surface area contributed by atoms with E-state index in [4.69, 9.17) is 5.73 Å². The predicted molar refractivity (Wildman–Crippen MR) is 142 cm³/mol. The second-order valence-electron chi connectivity index (χ2n) is 8.26. The van der Waals surface area contributed by atoms with Gasteiger partial charge in [0.05, 0.1) is 27.8 Å². The summed E-state index contributed by atoms with van der Waals surface area (Å²) in [6, 6.07) is 11.9. The van der Waals surface area contributed by atoms with Crippen molar-refractivity contribution in [2.45, 2.75) is 10.9 Å². The standard InChI is InChI=1S/C24H25N7O3S2/c25-23-30-21-8-3-16(11-22(21)35-23)1-2-17-12-27-24(28-13-17)29-18-4-6-20(7-5-18)36(33,34)31-10-9-26-14-19(31)15-32/h1-8,11-13,19,26,32H,9-10,14-15H2,(H2,25,30)(H,27,28,29). The summed E-state index contributed by atoms with van der Waals surface area (Å²) in [5.41, 5.74) is 9.17. The molecule has 1 aliphatic heterocycles. The minimum atomic E-state index is -3.70. The highest BCUT2D eigenvalue weighted by Crippen LogP contribution is 2.25. The lowest BCUT2D eigenvalue weighted by atomic mass is 10.2. The fourth-order valence-corrected chi connectivity index (χ4v) is 6.33. The zero-order valence-corrected chi connectivity index (χ0v) is 20.8. The summed E-state index contributed by atoms with van der Waals surface area (Å²) in [7, 11) is -3.70. The molecular weight excluding hydrogens is 498 g/mol. The van der Waals surface area contributed by atoms with E-state index in [1.165, 1.54) is 15.6 Å². The van der Waals surface area contributed by atoms with Crippen LogP contribution in [-0.2, 0) is 10.0 Å². The summed E-state index contributed by atoms with van der Waals surface area (Å²) in [4.78, 5) is 13.1. The number of benzene rings is 2. The molecule has 1 unspecified atom stereocenters. The highest BCUT2D eigenvalue weighted by Gasteiger charge is 2.32. The first-order valence-electron chi connectivity index (χ1n) is 11.3. The molecule has 10 nitrogen and oxygen atoms in total. The van der Waals surface area contributed by atoms with Crippen LogP contribution < -0.4 is 16.4 Å². The van der Waals surface area contributed by atoms with E-state index in [2.05, 4.69) is 25.6 Å². The highest BCUT2D eigenvalue weighted by molar-refractivity contribution is 7.89. The van der Waals surface area contributed by atoms with Gasteiger partial charge in [0, 0.05) is 43.3 Å². The highest BCUT2D eigenvalue weighted by atomic mass is 32.2. The van der Waals surface area contributed by atoms with Crippen LogP contribution in [-0.4, -0.2) is 65.1 Å². The number of sulfonamides is 1. The van der Waals surface area contributed by atoms with Crippen LogP contribution >= 0.6 is 11.3 Å². The van der Waals surface area contributed by atoms with E-state index in [9.17, 15) is 13.5 Å². The summed E-state index contributed by atoms with van der Waals surface area (Å²) in [6.07, 6.45) is 7.30. The Morgan fingerprint density at radius 3 is 2.64 bits per heavy atom. The zero-order valence-electron chi connectivity index (χ0n) is 19.2. The molecule has 0 aliphatic carbocycles. The number of nitrogens with two attached hydrogens (primary N) is 1. The number of aromatic nitrogens is 3. The Labute approximate surface area is 212 Å². The predicted octanol–water partition coefficient (Wildman–Crippen LogP) is 2.54. The molecule has 0 radical (unpaired) electrons. The first kappa shape index (κ1) is 24.3. The van der Waals surface area contributed by atoms with Crippen molar-refractivity contribution in [3.05, 3.63) is 66.0 Å². The first-order valence-corrected chi connectivity index (χ1v) is 13.5. The van der Waals surface area contributed by atoms with Gasteiger partial charge in [-0.1, -0.05) is 29.6 Å². The van der Waals surface area contributed by atoms with E-state index in [1.807, 2.05) is 30.4 Å². The molecule has 4 aromatic rings. The number of anilines is 3. The SMILES string of the molecule is Nc1nc2ccc(C=Cc3cnc(Nc4ccc(S(=O)(=O)N5CCNCC5CO)cc4)nc3)cc2s1. The minimum Gasteiger partial charge on any atom is -0.395 e. The third-order valence-corrected chi connectivity index (χ3v) is 8.61. The molecule has 0 amide bonds. The van der Waals surface area contributed by atoms with Gasteiger partial charge in [0.1, 0.15) is 0 Å². The Bertz CT molecular complexity index is 1490. The summed E-state index contributed by atoms with van der Waals surface area (Å²) >= 11 is 1.45. The van der Waals surface area contributed by atoms with Crippen molar-refractivity contribution < 1.29 is 13.5 Å². The molecule has 1 fully saturated rings. The van der Waals surface area contributed by atoms with Gasteiger partial charge < -0.3 is 21.5 Å². The lowest BCUT2D eigenvalue weighted by molar-refractivity contribution is 0.165. The Balaban J connectivity index is 1.24. The second-order valence-corrected chi connectivity index (χ2v) is 11.2. The molecular formula is C24H25N7O3S2. The van der Waals surface area contributed by atoms with Gasteiger partial charge in [-0.25, -0.2) is 23.4 Å². The largest absolute Gasteiger partial charge is 0.395 e. The van der Waals surface area contributed by atoms with Crippen LogP contribution in [0.15, 0.2) is 59.8 Å². The summed E-state index contributed by atoms with van der Waals surface area (Å²) in [5, 5.41) is 16.3. The van der Waals surface area contributed by atoms with E-state index in [0.717, 1.165) is 21.3 Å². The number of aliphatic hydroxyl groups excluding tert-OH is 1. The van der Waals surface area contributed by atoms with Gasteiger partial charge in [-0.15, -0.1) is 0 Å². The first-order chi connectivity index (χ1) is 17.4. The Kier molecular flexibility index (Phi) is 6.94.